The Kier molecular flexibility index (Phi) is 7.63. The van der Waals surface area contributed by atoms with Crippen LogP contribution in [0.4, 0.5) is 35.6 Å². The SMILES string of the molecule is Cc1nc(C2CCN(C)CC2)oc1Nc1ncc(C(F)(F)F)c(NCCCN2CCCOC2=O)n1. The third-order valence-corrected chi connectivity index (χ3v) is 6.15. The lowest BCUT2D eigenvalue weighted by Gasteiger charge is -2.26. The largest absolute Gasteiger partial charge is 0.449 e. The van der Waals surface area contributed by atoms with Crippen molar-refractivity contribution >= 4 is 23.7 Å². The molecule has 2 saturated heterocycles. The third-order valence-electron chi connectivity index (χ3n) is 6.15. The Morgan fingerprint density at radius 2 is 1.97 bits per heavy atom. The molecule has 0 spiro atoms. The Hall–Kier alpha value is -3.09. The summed E-state index contributed by atoms with van der Waals surface area (Å²) in [5.74, 6) is 0.745. The fraction of sp³-hybridized carbons (Fsp3) is 0.636. The molecular formula is C22H30F3N7O3. The van der Waals surface area contributed by atoms with Gasteiger partial charge < -0.3 is 24.3 Å². The van der Waals surface area contributed by atoms with Crippen molar-refractivity contribution < 1.29 is 27.1 Å². The van der Waals surface area contributed by atoms with E-state index in [0.29, 0.717) is 43.6 Å². The summed E-state index contributed by atoms with van der Waals surface area (Å²) in [6.45, 7) is 5.19. The van der Waals surface area contributed by atoms with Crippen molar-refractivity contribution in [3.05, 3.63) is 23.3 Å². The van der Waals surface area contributed by atoms with Gasteiger partial charge in [-0.2, -0.15) is 18.2 Å². The number of carbonyl (C=O) groups excluding carboxylic acids is 1. The van der Waals surface area contributed by atoms with Crippen LogP contribution in [-0.4, -0.2) is 77.2 Å². The van der Waals surface area contributed by atoms with Gasteiger partial charge in [-0.25, -0.2) is 14.8 Å². The van der Waals surface area contributed by atoms with Gasteiger partial charge >= 0.3 is 12.3 Å². The van der Waals surface area contributed by atoms with Crippen molar-refractivity contribution in [3.63, 3.8) is 0 Å². The Bertz CT molecular complexity index is 1020. The van der Waals surface area contributed by atoms with Gasteiger partial charge in [-0.1, -0.05) is 0 Å². The summed E-state index contributed by atoms with van der Waals surface area (Å²) in [6.07, 6.45) is -1.27. The van der Waals surface area contributed by atoms with Crippen LogP contribution in [0, 0.1) is 6.92 Å². The van der Waals surface area contributed by atoms with E-state index in [2.05, 4.69) is 37.5 Å². The minimum atomic E-state index is -4.62. The molecule has 4 rings (SSSR count). The number of ether oxygens (including phenoxy) is 1. The first-order chi connectivity index (χ1) is 16.7. The number of nitrogens with zero attached hydrogens (tertiary/aromatic N) is 5. The van der Waals surface area contributed by atoms with E-state index in [-0.39, 0.29) is 24.2 Å². The summed E-state index contributed by atoms with van der Waals surface area (Å²) >= 11 is 0. The summed E-state index contributed by atoms with van der Waals surface area (Å²) < 4.78 is 51.4. The van der Waals surface area contributed by atoms with Crippen LogP contribution in [0.1, 0.15) is 48.7 Å². The van der Waals surface area contributed by atoms with Crippen molar-refractivity contribution in [2.75, 3.05) is 57.0 Å². The van der Waals surface area contributed by atoms with Crippen LogP contribution in [0.25, 0.3) is 0 Å². The Morgan fingerprint density at radius 3 is 2.69 bits per heavy atom. The van der Waals surface area contributed by atoms with Crippen molar-refractivity contribution in [3.8, 4) is 0 Å². The first-order valence-electron chi connectivity index (χ1n) is 11.7. The molecule has 192 valence electrons. The number of anilines is 3. The predicted molar refractivity (Wildman–Crippen MR) is 122 cm³/mol. The second kappa shape index (κ2) is 10.7. The number of hydrogen-bond donors (Lipinski definition) is 2. The van der Waals surface area contributed by atoms with E-state index >= 15 is 0 Å². The molecule has 2 fully saturated rings. The lowest BCUT2D eigenvalue weighted by molar-refractivity contribution is -0.137. The molecule has 1 amide bonds. The van der Waals surface area contributed by atoms with Crippen LogP contribution >= 0.6 is 0 Å². The van der Waals surface area contributed by atoms with E-state index in [4.69, 9.17) is 9.15 Å². The maximum Gasteiger partial charge on any atom is 0.421 e. The topological polar surface area (TPSA) is 109 Å². The molecule has 0 radical (unpaired) electrons. The van der Waals surface area contributed by atoms with Crippen molar-refractivity contribution in [2.24, 2.45) is 0 Å². The van der Waals surface area contributed by atoms with E-state index < -0.39 is 17.8 Å². The third kappa shape index (κ3) is 6.32. The van der Waals surface area contributed by atoms with Gasteiger partial charge in [0, 0.05) is 31.7 Å². The van der Waals surface area contributed by atoms with Crippen molar-refractivity contribution in [1.29, 1.82) is 0 Å². The van der Waals surface area contributed by atoms with Crippen molar-refractivity contribution in [2.45, 2.75) is 44.7 Å². The molecule has 2 aliphatic rings. The minimum Gasteiger partial charge on any atom is -0.449 e. The van der Waals surface area contributed by atoms with Crippen LogP contribution in [-0.2, 0) is 10.9 Å². The molecule has 0 saturated carbocycles. The zero-order valence-corrected chi connectivity index (χ0v) is 19.8. The number of cyclic esters (lactones) is 1. The minimum absolute atomic E-state index is 0.0331. The molecule has 4 heterocycles. The first-order valence-corrected chi connectivity index (χ1v) is 11.7. The smallest absolute Gasteiger partial charge is 0.421 e. The van der Waals surface area contributed by atoms with E-state index in [0.717, 1.165) is 38.5 Å². The highest BCUT2D eigenvalue weighted by atomic mass is 19.4. The van der Waals surface area contributed by atoms with Gasteiger partial charge in [0.25, 0.3) is 0 Å². The number of carbonyl (C=O) groups is 1. The molecule has 0 aromatic carbocycles. The predicted octanol–water partition coefficient (Wildman–Crippen LogP) is 3.99. The molecule has 2 aliphatic heterocycles. The van der Waals surface area contributed by atoms with Gasteiger partial charge in [0.2, 0.25) is 11.8 Å². The second-order valence-electron chi connectivity index (χ2n) is 8.86. The number of nitrogens with one attached hydrogen (secondary N) is 2. The quantitative estimate of drug-likeness (QED) is 0.523. The van der Waals surface area contributed by atoms with Crippen LogP contribution in [0.5, 0.6) is 0 Å². The average Bonchev–Trinajstić information content (AvgIpc) is 3.17. The highest BCUT2D eigenvalue weighted by Crippen LogP contribution is 2.35. The van der Waals surface area contributed by atoms with E-state index in [1.807, 2.05) is 0 Å². The molecular weight excluding hydrogens is 467 g/mol. The number of aryl methyl sites for hydroxylation is 1. The van der Waals surface area contributed by atoms with E-state index in [1.165, 1.54) is 4.90 Å². The summed E-state index contributed by atoms with van der Waals surface area (Å²) in [6, 6.07) is 0. The fourth-order valence-electron chi connectivity index (χ4n) is 4.13. The van der Waals surface area contributed by atoms with Gasteiger partial charge in [-0.15, -0.1) is 0 Å². The van der Waals surface area contributed by atoms with Gasteiger partial charge in [-0.3, -0.25) is 5.32 Å². The lowest BCUT2D eigenvalue weighted by Crippen LogP contribution is -2.38. The lowest BCUT2D eigenvalue weighted by atomic mass is 9.97. The Morgan fingerprint density at radius 1 is 1.20 bits per heavy atom. The molecule has 0 bridgehead atoms. The molecule has 2 N–H and O–H groups in total. The summed E-state index contributed by atoms with van der Waals surface area (Å²) in [7, 11) is 2.07. The molecule has 10 nitrogen and oxygen atoms in total. The molecule has 2 aromatic heterocycles. The molecule has 0 atom stereocenters. The normalized spacial score (nSPS) is 18.0. The number of piperidine rings is 1. The van der Waals surface area contributed by atoms with E-state index in [9.17, 15) is 18.0 Å². The van der Waals surface area contributed by atoms with Gasteiger partial charge in [0.05, 0.1) is 6.61 Å². The van der Waals surface area contributed by atoms with Gasteiger partial charge in [0.1, 0.15) is 17.1 Å². The maximum absolute atomic E-state index is 13.5. The van der Waals surface area contributed by atoms with Crippen LogP contribution in [0.15, 0.2) is 10.6 Å². The number of aromatic nitrogens is 3. The standard InChI is InChI=1S/C22H30F3N7O3/c1-14-18(35-19(28-14)15-5-10-31(2)11-6-15)30-20-27-13-16(22(23,24)25)17(29-20)26-7-3-8-32-9-4-12-34-21(32)33/h13,15H,3-12H2,1-2H3,(H2,26,27,29,30). The molecule has 0 unspecified atom stereocenters. The molecule has 0 aliphatic carbocycles. The highest BCUT2D eigenvalue weighted by Gasteiger charge is 2.35. The number of halogens is 3. The van der Waals surface area contributed by atoms with Gasteiger partial charge in [0.15, 0.2) is 5.89 Å². The van der Waals surface area contributed by atoms with Crippen molar-refractivity contribution in [1.82, 2.24) is 24.8 Å². The van der Waals surface area contributed by atoms with Crippen LogP contribution in [0.2, 0.25) is 0 Å². The summed E-state index contributed by atoms with van der Waals surface area (Å²) in [5, 5.41) is 5.60. The first kappa shape index (κ1) is 25.0. The van der Waals surface area contributed by atoms with Crippen LogP contribution in [0.3, 0.4) is 0 Å². The number of hydrogen-bond acceptors (Lipinski definition) is 9. The molecule has 13 heteroatoms. The van der Waals surface area contributed by atoms with Gasteiger partial charge in [-0.05, 0) is 52.7 Å². The maximum atomic E-state index is 13.5. The monoisotopic (exact) mass is 497 g/mol. The zero-order valence-electron chi connectivity index (χ0n) is 19.8. The average molecular weight is 498 g/mol. The number of rotatable bonds is 8. The fourth-order valence-corrected chi connectivity index (χ4v) is 4.13. The number of oxazole rings is 1. The van der Waals surface area contributed by atoms with E-state index in [1.54, 1.807) is 6.92 Å². The molecule has 2 aromatic rings. The summed E-state index contributed by atoms with van der Waals surface area (Å²) in [5.41, 5.74) is -0.382. The van der Waals surface area contributed by atoms with Crippen LogP contribution < -0.4 is 10.6 Å². The molecule has 35 heavy (non-hydrogen) atoms. The number of alkyl halides is 3. The summed E-state index contributed by atoms with van der Waals surface area (Å²) in [4.78, 5) is 27.9. The zero-order chi connectivity index (χ0) is 25.0. The Labute approximate surface area is 201 Å². The number of amides is 1. The number of likely N-dealkylation sites (tertiary alicyclic amines) is 1. The Balaban J connectivity index is 1.42. The highest BCUT2D eigenvalue weighted by molar-refractivity contribution is 5.68. The second-order valence-corrected chi connectivity index (χ2v) is 8.86.